The maximum atomic E-state index is 12.2. The van der Waals surface area contributed by atoms with Crippen LogP contribution in [-0.2, 0) is 9.53 Å². The van der Waals surface area contributed by atoms with E-state index in [0.29, 0.717) is 30.7 Å². The van der Waals surface area contributed by atoms with Crippen LogP contribution >= 0.6 is 0 Å². The second kappa shape index (κ2) is 8.32. The summed E-state index contributed by atoms with van der Waals surface area (Å²) >= 11 is 0. The number of esters is 1. The predicted octanol–water partition coefficient (Wildman–Crippen LogP) is 2.57. The van der Waals surface area contributed by atoms with Gasteiger partial charge in [0.25, 0.3) is 0 Å². The highest BCUT2D eigenvalue weighted by molar-refractivity contribution is 5.95. The molecule has 2 N–H and O–H groups in total. The van der Waals surface area contributed by atoms with Crippen LogP contribution in [0, 0.1) is 10.1 Å². The Bertz CT molecular complexity index is 759. The molecule has 0 bridgehead atoms. The number of carbonyl (C=O) groups excluding carboxylic acids is 2. The topological polar surface area (TPSA) is 120 Å². The van der Waals surface area contributed by atoms with E-state index in [-0.39, 0.29) is 17.0 Å². The number of ether oxygens (including phenoxy) is 2. The van der Waals surface area contributed by atoms with Gasteiger partial charge in [-0.05, 0) is 24.5 Å². The number of urea groups is 1. The van der Waals surface area contributed by atoms with Crippen LogP contribution in [0.5, 0.6) is 5.75 Å². The lowest BCUT2D eigenvalue weighted by molar-refractivity contribution is -0.385. The first-order chi connectivity index (χ1) is 12.4. The molecule has 2 rings (SSSR count). The Labute approximate surface area is 150 Å². The summed E-state index contributed by atoms with van der Waals surface area (Å²) in [5, 5.41) is 16.6. The fourth-order valence-electron chi connectivity index (χ4n) is 2.69. The standard InChI is InChI=1S/C17H21N3O6/c1-4-8-26-13-7-6-10(9-12(13)20(23)24)15-14(16(21)25-3)11(5-2)18-17(22)19-15/h6-7,9,15H,4-5,8H2,1-3H3,(H2,18,19,22). The number of hydrogen-bond donors (Lipinski definition) is 2. The van der Waals surface area contributed by atoms with Crippen molar-refractivity contribution in [2.75, 3.05) is 13.7 Å². The van der Waals surface area contributed by atoms with Gasteiger partial charge in [0.1, 0.15) is 0 Å². The Kier molecular flexibility index (Phi) is 6.16. The lowest BCUT2D eigenvalue weighted by atomic mass is 9.94. The minimum atomic E-state index is -0.856. The van der Waals surface area contributed by atoms with Crippen molar-refractivity contribution >= 4 is 17.7 Å². The van der Waals surface area contributed by atoms with Crippen LogP contribution in [0.15, 0.2) is 29.5 Å². The second-order valence-corrected chi connectivity index (χ2v) is 5.60. The van der Waals surface area contributed by atoms with E-state index in [2.05, 4.69) is 10.6 Å². The highest BCUT2D eigenvalue weighted by Gasteiger charge is 2.34. The molecule has 0 spiro atoms. The minimum Gasteiger partial charge on any atom is -0.487 e. The largest absolute Gasteiger partial charge is 0.487 e. The molecule has 1 aromatic carbocycles. The van der Waals surface area contributed by atoms with Gasteiger partial charge in [-0.15, -0.1) is 0 Å². The lowest BCUT2D eigenvalue weighted by Gasteiger charge is -2.28. The third-order valence-corrected chi connectivity index (χ3v) is 3.89. The highest BCUT2D eigenvalue weighted by atomic mass is 16.6. The number of nitro benzene ring substituents is 1. The Morgan fingerprint density at radius 2 is 2.08 bits per heavy atom. The molecule has 1 aromatic rings. The Morgan fingerprint density at radius 1 is 1.35 bits per heavy atom. The van der Waals surface area contributed by atoms with E-state index < -0.39 is 23.0 Å². The van der Waals surface area contributed by atoms with Gasteiger partial charge in [-0.25, -0.2) is 9.59 Å². The van der Waals surface area contributed by atoms with Gasteiger partial charge in [0.2, 0.25) is 0 Å². The molecule has 0 aromatic heterocycles. The molecule has 26 heavy (non-hydrogen) atoms. The first-order valence-corrected chi connectivity index (χ1v) is 8.22. The van der Waals surface area contributed by atoms with Gasteiger partial charge in [0, 0.05) is 11.8 Å². The van der Waals surface area contributed by atoms with Gasteiger partial charge in [0.05, 0.1) is 30.3 Å². The number of allylic oxidation sites excluding steroid dienone is 1. The number of carbonyl (C=O) groups is 2. The van der Waals surface area contributed by atoms with Crippen molar-refractivity contribution in [1.82, 2.24) is 10.6 Å². The van der Waals surface area contributed by atoms with Crippen LogP contribution < -0.4 is 15.4 Å². The van der Waals surface area contributed by atoms with Crippen LogP contribution in [0.25, 0.3) is 0 Å². The first kappa shape index (κ1) is 19.2. The lowest BCUT2D eigenvalue weighted by Crippen LogP contribution is -2.45. The molecular weight excluding hydrogens is 342 g/mol. The zero-order chi connectivity index (χ0) is 19.3. The summed E-state index contributed by atoms with van der Waals surface area (Å²) in [6, 6.07) is 3.01. The van der Waals surface area contributed by atoms with Crippen LogP contribution in [0.1, 0.15) is 38.3 Å². The molecule has 0 radical (unpaired) electrons. The molecule has 9 nitrogen and oxygen atoms in total. The van der Waals surface area contributed by atoms with Crippen LogP contribution in [0.4, 0.5) is 10.5 Å². The number of benzene rings is 1. The van der Waals surface area contributed by atoms with Gasteiger partial charge in [-0.1, -0.05) is 19.9 Å². The maximum Gasteiger partial charge on any atom is 0.337 e. The van der Waals surface area contributed by atoms with Crippen LogP contribution in [-0.4, -0.2) is 30.6 Å². The van der Waals surface area contributed by atoms with Crippen molar-refractivity contribution < 1.29 is 24.0 Å². The number of nitrogens with zero attached hydrogens (tertiary/aromatic N) is 1. The van der Waals surface area contributed by atoms with Gasteiger partial charge in [-0.2, -0.15) is 0 Å². The van der Waals surface area contributed by atoms with Gasteiger partial charge < -0.3 is 20.1 Å². The zero-order valence-corrected chi connectivity index (χ0v) is 14.8. The van der Waals surface area contributed by atoms with Crippen LogP contribution in [0.3, 0.4) is 0 Å². The Morgan fingerprint density at radius 3 is 2.65 bits per heavy atom. The molecule has 1 unspecified atom stereocenters. The number of hydrogen-bond acceptors (Lipinski definition) is 6. The average molecular weight is 363 g/mol. The molecule has 2 amide bonds. The molecule has 0 saturated carbocycles. The van der Waals surface area contributed by atoms with E-state index in [9.17, 15) is 19.7 Å². The van der Waals surface area contributed by atoms with E-state index in [0.717, 1.165) is 0 Å². The molecule has 9 heteroatoms. The molecular formula is C17H21N3O6. The zero-order valence-electron chi connectivity index (χ0n) is 14.8. The minimum absolute atomic E-state index is 0.139. The number of rotatable bonds is 7. The van der Waals surface area contributed by atoms with E-state index in [1.807, 2.05) is 6.92 Å². The summed E-state index contributed by atoms with van der Waals surface area (Å²) in [6.07, 6.45) is 1.10. The summed E-state index contributed by atoms with van der Waals surface area (Å²) in [5.41, 5.74) is 0.790. The number of amides is 2. The van der Waals surface area contributed by atoms with Crippen molar-refractivity contribution in [3.8, 4) is 5.75 Å². The smallest absolute Gasteiger partial charge is 0.337 e. The highest BCUT2D eigenvalue weighted by Crippen LogP contribution is 2.34. The molecule has 140 valence electrons. The Balaban J connectivity index is 2.53. The monoisotopic (exact) mass is 363 g/mol. The van der Waals surface area contributed by atoms with Crippen molar-refractivity contribution in [2.45, 2.75) is 32.7 Å². The summed E-state index contributed by atoms with van der Waals surface area (Å²) in [4.78, 5) is 35.0. The third-order valence-electron chi connectivity index (χ3n) is 3.89. The Hall–Kier alpha value is -3.10. The number of nitrogens with one attached hydrogen (secondary N) is 2. The summed E-state index contributed by atoms with van der Waals surface area (Å²) < 4.78 is 10.2. The molecule has 1 aliphatic rings. The molecule has 1 aliphatic heterocycles. The van der Waals surface area contributed by atoms with Gasteiger partial charge >= 0.3 is 17.7 Å². The predicted molar refractivity (Wildman–Crippen MR) is 92.6 cm³/mol. The second-order valence-electron chi connectivity index (χ2n) is 5.60. The van der Waals surface area contributed by atoms with Crippen molar-refractivity contribution in [3.63, 3.8) is 0 Å². The molecule has 1 atom stereocenters. The van der Waals surface area contributed by atoms with E-state index >= 15 is 0 Å². The van der Waals surface area contributed by atoms with Crippen molar-refractivity contribution in [1.29, 1.82) is 0 Å². The molecule has 0 fully saturated rings. The van der Waals surface area contributed by atoms with E-state index in [1.165, 1.54) is 19.2 Å². The van der Waals surface area contributed by atoms with E-state index in [1.54, 1.807) is 13.0 Å². The normalized spacial score (nSPS) is 16.6. The fraction of sp³-hybridized carbons (Fsp3) is 0.412. The molecule has 0 aliphatic carbocycles. The maximum absolute atomic E-state index is 12.2. The molecule has 0 saturated heterocycles. The van der Waals surface area contributed by atoms with Crippen LogP contribution in [0.2, 0.25) is 0 Å². The summed E-state index contributed by atoms with van der Waals surface area (Å²) in [6.45, 7) is 4.02. The third kappa shape index (κ3) is 3.93. The molecule has 1 heterocycles. The summed E-state index contributed by atoms with van der Waals surface area (Å²) in [7, 11) is 1.24. The number of methoxy groups -OCH3 is 1. The first-order valence-electron chi connectivity index (χ1n) is 8.22. The van der Waals surface area contributed by atoms with Gasteiger partial charge in [0.15, 0.2) is 5.75 Å². The fourth-order valence-corrected chi connectivity index (χ4v) is 2.69. The average Bonchev–Trinajstić information content (AvgIpc) is 2.64. The van der Waals surface area contributed by atoms with Crippen molar-refractivity contribution in [2.24, 2.45) is 0 Å². The van der Waals surface area contributed by atoms with Crippen molar-refractivity contribution in [3.05, 3.63) is 45.1 Å². The SMILES string of the molecule is CCCOc1ccc(C2NC(=O)NC(CC)=C2C(=O)OC)cc1[N+](=O)[O-]. The van der Waals surface area contributed by atoms with Gasteiger partial charge in [-0.3, -0.25) is 10.1 Å². The summed E-state index contributed by atoms with van der Waals surface area (Å²) in [5.74, 6) is -0.478. The van der Waals surface area contributed by atoms with E-state index in [4.69, 9.17) is 9.47 Å². The quantitative estimate of drug-likeness (QED) is 0.436. The number of nitro groups is 1.